The summed E-state index contributed by atoms with van der Waals surface area (Å²) in [6, 6.07) is 7.64. The van der Waals surface area contributed by atoms with Crippen LogP contribution in [0.4, 0.5) is 5.69 Å². The Labute approximate surface area is 138 Å². The predicted molar refractivity (Wildman–Crippen MR) is 92.1 cm³/mol. The molecule has 126 valence electrons. The molecule has 5 nitrogen and oxygen atoms in total. The quantitative estimate of drug-likeness (QED) is 0.846. The SMILES string of the molecule is CCCC(C)(N)C(=O)NC(C)c1cccc(N2CCCC2=O)c1. The number of nitrogens with zero attached hydrogens (tertiary/aromatic N) is 1. The Morgan fingerprint density at radius 2 is 2.22 bits per heavy atom. The van der Waals surface area contributed by atoms with Gasteiger partial charge in [-0.1, -0.05) is 25.5 Å². The van der Waals surface area contributed by atoms with Gasteiger partial charge in [-0.25, -0.2) is 0 Å². The first kappa shape index (κ1) is 17.5. The highest BCUT2D eigenvalue weighted by Gasteiger charge is 2.28. The van der Waals surface area contributed by atoms with Crippen LogP contribution < -0.4 is 16.0 Å². The third-order valence-electron chi connectivity index (χ3n) is 4.39. The fourth-order valence-electron chi connectivity index (χ4n) is 2.96. The van der Waals surface area contributed by atoms with E-state index in [-0.39, 0.29) is 17.9 Å². The number of rotatable bonds is 6. The molecule has 1 aromatic rings. The van der Waals surface area contributed by atoms with E-state index in [9.17, 15) is 9.59 Å². The maximum absolute atomic E-state index is 12.3. The minimum Gasteiger partial charge on any atom is -0.348 e. The lowest BCUT2D eigenvalue weighted by Gasteiger charge is -2.26. The van der Waals surface area contributed by atoms with E-state index in [2.05, 4.69) is 5.32 Å². The first-order valence-corrected chi connectivity index (χ1v) is 8.35. The zero-order chi connectivity index (χ0) is 17.0. The molecule has 1 saturated heterocycles. The van der Waals surface area contributed by atoms with Crippen LogP contribution in [0.3, 0.4) is 0 Å². The summed E-state index contributed by atoms with van der Waals surface area (Å²) in [6.07, 6.45) is 3.02. The molecule has 0 aliphatic carbocycles. The third kappa shape index (κ3) is 4.10. The van der Waals surface area contributed by atoms with Crippen LogP contribution in [0.25, 0.3) is 0 Å². The minimum atomic E-state index is -0.856. The molecule has 2 atom stereocenters. The van der Waals surface area contributed by atoms with Crippen molar-refractivity contribution in [1.82, 2.24) is 5.32 Å². The van der Waals surface area contributed by atoms with Gasteiger partial charge in [0.2, 0.25) is 11.8 Å². The summed E-state index contributed by atoms with van der Waals surface area (Å²) in [5.41, 5.74) is 7.10. The van der Waals surface area contributed by atoms with E-state index in [4.69, 9.17) is 5.73 Å². The van der Waals surface area contributed by atoms with E-state index in [1.807, 2.05) is 43.0 Å². The number of carbonyl (C=O) groups is 2. The Kier molecular flexibility index (Phi) is 5.42. The van der Waals surface area contributed by atoms with Gasteiger partial charge in [0, 0.05) is 18.7 Å². The van der Waals surface area contributed by atoms with Crippen molar-refractivity contribution < 1.29 is 9.59 Å². The number of amides is 2. The minimum absolute atomic E-state index is 0.144. The summed E-state index contributed by atoms with van der Waals surface area (Å²) in [4.78, 5) is 26.0. The van der Waals surface area contributed by atoms with Crippen LogP contribution in [0.2, 0.25) is 0 Å². The molecule has 0 saturated carbocycles. The topological polar surface area (TPSA) is 75.4 Å². The summed E-state index contributed by atoms with van der Waals surface area (Å²) in [7, 11) is 0. The van der Waals surface area contributed by atoms with Crippen LogP contribution in [0, 0.1) is 0 Å². The van der Waals surface area contributed by atoms with Crippen LogP contribution in [0.15, 0.2) is 24.3 Å². The maximum atomic E-state index is 12.3. The van der Waals surface area contributed by atoms with Crippen molar-refractivity contribution in [2.45, 2.75) is 58.0 Å². The van der Waals surface area contributed by atoms with Crippen molar-refractivity contribution in [2.24, 2.45) is 5.73 Å². The largest absolute Gasteiger partial charge is 0.348 e. The van der Waals surface area contributed by atoms with Gasteiger partial charge in [0.15, 0.2) is 0 Å². The van der Waals surface area contributed by atoms with E-state index in [1.54, 1.807) is 6.92 Å². The van der Waals surface area contributed by atoms with E-state index < -0.39 is 5.54 Å². The molecule has 0 radical (unpaired) electrons. The lowest BCUT2D eigenvalue weighted by atomic mass is 9.95. The molecule has 1 heterocycles. The molecular weight excluding hydrogens is 290 g/mol. The summed E-state index contributed by atoms with van der Waals surface area (Å²) < 4.78 is 0. The summed E-state index contributed by atoms with van der Waals surface area (Å²) in [6.45, 7) is 6.47. The van der Waals surface area contributed by atoms with Gasteiger partial charge in [0.25, 0.3) is 0 Å². The Morgan fingerprint density at radius 1 is 1.48 bits per heavy atom. The number of hydrogen-bond donors (Lipinski definition) is 2. The van der Waals surface area contributed by atoms with Crippen LogP contribution >= 0.6 is 0 Å². The average molecular weight is 317 g/mol. The molecule has 5 heteroatoms. The molecule has 0 bridgehead atoms. The van der Waals surface area contributed by atoms with Gasteiger partial charge >= 0.3 is 0 Å². The van der Waals surface area contributed by atoms with E-state index in [0.29, 0.717) is 12.8 Å². The number of anilines is 1. The molecule has 1 fully saturated rings. The van der Waals surface area contributed by atoms with Crippen LogP contribution in [-0.4, -0.2) is 23.9 Å². The number of nitrogens with two attached hydrogens (primary N) is 1. The molecule has 3 N–H and O–H groups in total. The predicted octanol–water partition coefficient (Wildman–Crippen LogP) is 2.51. The number of benzene rings is 1. The van der Waals surface area contributed by atoms with Gasteiger partial charge < -0.3 is 16.0 Å². The highest BCUT2D eigenvalue weighted by atomic mass is 16.2. The van der Waals surface area contributed by atoms with Crippen LogP contribution in [0.5, 0.6) is 0 Å². The second kappa shape index (κ2) is 7.13. The van der Waals surface area contributed by atoms with E-state index in [0.717, 1.165) is 30.6 Å². The smallest absolute Gasteiger partial charge is 0.240 e. The molecule has 0 aromatic heterocycles. The van der Waals surface area contributed by atoms with Crippen molar-refractivity contribution in [2.75, 3.05) is 11.4 Å². The fraction of sp³-hybridized carbons (Fsp3) is 0.556. The molecule has 0 spiro atoms. The first-order chi connectivity index (χ1) is 10.8. The van der Waals surface area contributed by atoms with Crippen molar-refractivity contribution in [3.05, 3.63) is 29.8 Å². The van der Waals surface area contributed by atoms with E-state index in [1.165, 1.54) is 0 Å². The normalized spacial score (nSPS) is 18.6. The van der Waals surface area contributed by atoms with Crippen LogP contribution in [-0.2, 0) is 9.59 Å². The Balaban J connectivity index is 2.09. The van der Waals surface area contributed by atoms with Gasteiger partial charge in [0.1, 0.15) is 0 Å². The second-order valence-electron chi connectivity index (χ2n) is 6.61. The van der Waals surface area contributed by atoms with Gasteiger partial charge in [-0.3, -0.25) is 9.59 Å². The number of nitrogens with one attached hydrogen (secondary N) is 1. The molecule has 2 rings (SSSR count). The Bertz CT molecular complexity index is 583. The molecule has 23 heavy (non-hydrogen) atoms. The highest BCUT2D eigenvalue weighted by molar-refractivity contribution is 5.95. The van der Waals surface area contributed by atoms with Gasteiger partial charge in [0.05, 0.1) is 11.6 Å². The van der Waals surface area contributed by atoms with Crippen molar-refractivity contribution in [3.63, 3.8) is 0 Å². The van der Waals surface area contributed by atoms with Gasteiger partial charge in [-0.15, -0.1) is 0 Å². The monoisotopic (exact) mass is 317 g/mol. The average Bonchev–Trinajstić information content (AvgIpc) is 2.93. The number of hydrogen-bond acceptors (Lipinski definition) is 3. The molecule has 1 aromatic carbocycles. The Hall–Kier alpha value is -1.88. The molecule has 1 aliphatic heterocycles. The Morgan fingerprint density at radius 3 is 2.83 bits per heavy atom. The zero-order valence-corrected chi connectivity index (χ0v) is 14.3. The van der Waals surface area contributed by atoms with Crippen molar-refractivity contribution in [1.29, 1.82) is 0 Å². The van der Waals surface area contributed by atoms with Gasteiger partial charge in [-0.2, -0.15) is 0 Å². The highest BCUT2D eigenvalue weighted by Crippen LogP contribution is 2.25. The molecular formula is C18H27N3O2. The lowest BCUT2D eigenvalue weighted by molar-refractivity contribution is -0.126. The van der Waals surface area contributed by atoms with Crippen molar-refractivity contribution >= 4 is 17.5 Å². The third-order valence-corrected chi connectivity index (χ3v) is 4.39. The lowest BCUT2D eigenvalue weighted by Crippen LogP contribution is -2.52. The van der Waals surface area contributed by atoms with Crippen molar-refractivity contribution in [3.8, 4) is 0 Å². The first-order valence-electron chi connectivity index (χ1n) is 8.35. The summed E-state index contributed by atoms with van der Waals surface area (Å²) in [5, 5.41) is 2.98. The standard InChI is InChI=1S/C18H27N3O2/c1-4-10-18(3,19)17(23)20-13(2)14-7-5-8-15(12-14)21-11-6-9-16(21)22/h5,7-8,12-13H,4,6,9-11,19H2,1-3H3,(H,20,23). The molecule has 2 amide bonds. The molecule has 2 unspecified atom stereocenters. The zero-order valence-electron chi connectivity index (χ0n) is 14.3. The fourth-order valence-corrected chi connectivity index (χ4v) is 2.96. The van der Waals surface area contributed by atoms with E-state index >= 15 is 0 Å². The van der Waals surface area contributed by atoms with Crippen LogP contribution in [0.1, 0.15) is 58.1 Å². The second-order valence-corrected chi connectivity index (χ2v) is 6.61. The molecule has 1 aliphatic rings. The maximum Gasteiger partial charge on any atom is 0.240 e. The summed E-state index contributed by atoms with van der Waals surface area (Å²) >= 11 is 0. The number of carbonyl (C=O) groups excluding carboxylic acids is 2. The van der Waals surface area contributed by atoms with Gasteiger partial charge in [-0.05, 0) is 44.4 Å². The summed E-state index contributed by atoms with van der Waals surface area (Å²) in [5.74, 6) is 0.0193.